The Morgan fingerprint density at radius 2 is 2.06 bits per heavy atom. The summed E-state index contributed by atoms with van der Waals surface area (Å²) in [6.45, 7) is 0. The fourth-order valence-corrected chi connectivity index (χ4v) is 2.70. The molecule has 96 valence electrons. The standard InChI is InChI=1S/C14H16Cl2N2/c1-18-12(8-9-17-18)7-6-11(10-15)13-4-2-3-5-14(13)16/h2-5,8-9,11H,6-7,10H2,1H3. The zero-order chi connectivity index (χ0) is 13.0. The molecule has 18 heavy (non-hydrogen) atoms. The maximum atomic E-state index is 6.21. The largest absolute Gasteiger partial charge is 0.273 e. The molecule has 1 unspecified atom stereocenters. The van der Waals surface area contributed by atoms with E-state index in [1.165, 1.54) is 5.69 Å². The van der Waals surface area contributed by atoms with Crippen molar-refractivity contribution in [1.82, 2.24) is 9.78 Å². The molecule has 1 aromatic carbocycles. The van der Waals surface area contributed by atoms with Gasteiger partial charge in [0.15, 0.2) is 0 Å². The van der Waals surface area contributed by atoms with Crippen molar-refractivity contribution in [3.63, 3.8) is 0 Å². The van der Waals surface area contributed by atoms with Gasteiger partial charge in [0.2, 0.25) is 0 Å². The van der Waals surface area contributed by atoms with Crippen LogP contribution in [0.4, 0.5) is 0 Å². The first kappa shape index (κ1) is 13.4. The lowest BCUT2D eigenvalue weighted by Gasteiger charge is -2.15. The van der Waals surface area contributed by atoms with Crippen LogP contribution in [0.2, 0.25) is 5.02 Å². The van der Waals surface area contributed by atoms with E-state index in [1.807, 2.05) is 42.2 Å². The van der Waals surface area contributed by atoms with Crippen molar-refractivity contribution >= 4 is 23.2 Å². The smallest absolute Gasteiger partial charge is 0.0492 e. The van der Waals surface area contributed by atoms with Crippen LogP contribution in [0, 0.1) is 0 Å². The predicted molar refractivity (Wildman–Crippen MR) is 76.4 cm³/mol. The van der Waals surface area contributed by atoms with E-state index < -0.39 is 0 Å². The van der Waals surface area contributed by atoms with Crippen LogP contribution in [0.15, 0.2) is 36.5 Å². The number of hydrogen-bond acceptors (Lipinski definition) is 1. The molecule has 0 aliphatic heterocycles. The highest BCUT2D eigenvalue weighted by Crippen LogP contribution is 2.29. The van der Waals surface area contributed by atoms with Crippen LogP contribution in [0.1, 0.15) is 23.6 Å². The Kier molecular flexibility index (Phi) is 4.67. The van der Waals surface area contributed by atoms with E-state index in [9.17, 15) is 0 Å². The maximum Gasteiger partial charge on any atom is 0.0492 e. The molecule has 0 saturated heterocycles. The van der Waals surface area contributed by atoms with E-state index in [0.717, 1.165) is 23.4 Å². The van der Waals surface area contributed by atoms with Crippen molar-refractivity contribution in [2.24, 2.45) is 7.05 Å². The summed E-state index contributed by atoms with van der Waals surface area (Å²) >= 11 is 12.3. The molecule has 0 bridgehead atoms. The van der Waals surface area contributed by atoms with Crippen LogP contribution in [0.25, 0.3) is 0 Å². The van der Waals surface area contributed by atoms with Gasteiger partial charge in [-0.15, -0.1) is 11.6 Å². The summed E-state index contributed by atoms with van der Waals surface area (Å²) in [5.41, 5.74) is 2.36. The Hall–Kier alpha value is -0.990. The average Bonchev–Trinajstić information content (AvgIpc) is 2.78. The topological polar surface area (TPSA) is 17.8 Å². The molecule has 2 aromatic rings. The predicted octanol–water partition coefficient (Wildman–Crippen LogP) is 4.03. The Morgan fingerprint density at radius 1 is 1.28 bits per heavy atom. The van der Waals surface area contributed by atoms with Gasteiger partial charge in [0.25, 0.3) is 0 Å². The fraction of sp³-hybridized carbons (Fsp3) is 0.357. The molecule has 1 atom stereocenters. The normalized spacial score (nSPS) is 12.6. The molecule has 0 amide bonds. The molecule has 0 spiro atoms. The van der Waals surface area contributed by atoms with E-state index in [0.29, 0.717) is 5.88 Å². The fourth-order valence-electron chi connectivity index (χ4n) is 2.09. The highest BCUT2D eigenvalue weighted by atomic mass is 35.5. The molecule has 0 N–H and O–H groups in total. The molecule has 4 heteroatoms. The zero-order valence-corrected chi connectivity index (χ0v) is 11.8. The monoisotopic (exact) mass is 282 g/mol. The summed E-state index contributed by atoms with van der Waals surface area (Å²) in [7, 11) is 1.96. The van der Waals surface area contributed by atoms with Crippen LogP contribution in [0.5, 0.6) is 0 Å². The molecule has 0 aliphatic carbocycles. The molecule has 1 heterocycles. The SMILES string of the molecule is Cn1nccc1CCC(CCl)c1ccccc1Cl. The second-order valence-corrected chi connectivity index (χ2v) is 5.07. The lowest BCUT2D eigenvalue weighted by atomic mass is 9.95. The van der Waals surface area contributed by atoms with Crippen molar-refractivity contribution in [2.45, 2.75) is 18.8 Å². The van der Waals surface area contributed by atoms with Crippen molar-refractivity contribution < 1.29 is 0 Å². The van der Waals surface area contributed by atoms with Crippen LogP contribution < -0.4 is 0 Å². The van der Waals surface area contributed by atoms with Crippen molar-refractivity contribution in [2.75, 3.05) is 5.88 Å². The molecule has 2 rings (SSSR count). The van der Waals surface area contributed by atoms with Gasteiger partial charge < -0.3 is 0 Å². The van der Waals surface area contributed by atoms with Crippen LogP contribution in [-0.4, -0.2) is 15.7 Å². The first-order chi connectivity index (χ1) is 8.72. The number of rotatable bonds is 5. The second kappa shape index (κ2) is 6.26. The summed E-state index contributed by atoms with van der Waals surface area (Å²) in [6.07, 6.45) is 3.76. The van der Waals surface area contributed by atoms with Gasteiger partial charge >= 0.3 is 0 Å². The van der Waals surface area contributed by atoms with Crippen molar-refractivity contribution in [1.29, 1.82) is 0 Å². The highest BCUT2D eigenvalue weighted by Gasteiger charge is 2.14. The lowest BCUT2D eigenvalue weighted by Crippen LogP contribution is -2.06. The maximum absolute atomic E-state index is 6.21. The zero-order valence-electron chi connectivity index (χ0n) is 10.3. The van der Waals surface area contributed by atoms with E-state index >= 15 is 0 Å². The third-order valence-electron chi connectivity index (χ3n) is 3.20. The summed E-state index contributed by atoms with van der Waals surface area (Å²) in [5, 5.41) is 4.97. The number of hydrogen-bond donors (Lipinski definition) is 0. The van der Waals surface area contributed by atoms with Crippen LogP contribution in [0.3, 0.4) is 0 Å². The third kappa shape index (κ3) is 3.06. The third-order valence-corrected chi connectivity index (χ3v) is 3.92. The van der Waals surface area contributed by atoms with E-state index in [4.69, 9.17) is 23.2 Å². The average molecular weight is 283 g/mol. The number of aryl methyl sites for hydroxylation is 2. The highest BCUT2D eigenvalue weighted by molar-refractivity contribution is 6.31. The van der Waals surface area contributed by atoms with Crippen LogP contribution >= 0.6 is 23.2 Å². The molecule has 0 aliphatic rings. The second-order valence-electron chi connectivity index (χ2n) is 4.36. The Bertz CT molecular complexity index is 508. The van der Waals surface area contributed by atoms with Gasteiger partial charge in [-0.2, -0.15) is 5.10 Å². The van der Waals surface area contributed by atoms with Gasteiger partial charge in [0, 0.05) is 29.8 Å². The van der Waals surface area contributed by atoms with Gasteiger partial charge in [-0.3, -0.25) is 4.68 Å². The Morgan fingerprint density at radius 3 is 2.67 bits per heavy atom. The summed E-state index contributed by atoms with van der Waals surface area (Å²) in [4.78, 5) is 0. The van der Waals surface area contributed by atoms with Crippen molar-refractivity contribution in [3.05, 3.63) is 52.8 Å². The number of aromatic nitrogens is 2. The van der Waals surface area contributed by atoms with Gasteiger partial charge in [0.1, 0.15) is 0 Å². The quantitative estimate of drug-likeness (QED) is 0.757. The summed E-state index contributed by atoms with van der Waals surface area (Å²) in [6, 6.07) is 9.96. The Labute approximate surface area is 118 Å². The molecular formula is C14H16Cl2N2. The number of halogens is 2. The minimum Gasteiger partial charge on any atom is -0.273 e. The van der Waals surface area contributed by atoms with Crippen molar-refractivity contribution in [3.8, 4) is 0 Å². The molecule has 0 saturated carbocycles. The van der Waals surface area contributed by atoms with E-state index in [-0.39, 0.29) is 5.92 Å². The summed E-state index contributed by atoms with van der Waals surface area (Å²) < 4.78 is 1.90. The van der Waals surface area contributed by atoms with Gasteiger partial charge in [0.05, 0.1) is 0 Å². The number of alkyl halides is 1. The van der Waals surface area contributed by atoms with E-state index in [1.54, 1.807) is 0 Å². The summed E-state index contributed by atoms with van der Waals surface area (Å²) in [5.74, 6) is 0.872. The van der Waals surface area contributed by atoms with Gasteiger partial charge in [-0.25, -0.2) is 0 Å². The molecule has 1 aromatic heterocycles. The lowest BCUT2D eigenvalue weighted by molar-refractivity contribution is 0.634. The minimum absolute atomic E-state index is 0.287. The first-order valence-corrected chi connectivity index (χ1v) is 6.91. The molecule has 2 nitrogen and oxygen atoms in total. The minimum atomic E-state index is 0.287. The molecule has 0 fully saturated rings. The van der Waals surface area contributed by atoms with Crippen LogP contribution in [-0.2, 0) is 13.5 Å². The van der Waals surface area contributed by atoms with Gasteiger partial charge in [-0.1, -0.05) is 29.8 Å². The van der Waals surface area contributed by atoms with Gasteiger partial charge in [-0.05, 0) is 36.5 Å². The first-order valence-electron chi connectivity index (χ1n) is 5.99. The van der Waals surface area contributed by atoms with E-state index in [2.05, 4.69) is 11.2 Å². The molecule has 0 radical (unpaired) electrons. The number of benzene rings is 1. The molecular weight excluding hydrogens is 267 g/mol. The number of nitrogens with zero attached hydrogens (tertiary/aromatic N) is 2. The Balaban J connectivity index is 2.07.